The molecule has 0 bridgehead atoms. The highest BCUT2D eigenvalue weighted by Gasteiger charge is 2.21. The van der Waals surface area contributed by atoms with Crippen LogP contribution in [0.5, 0.6) is 0 Å². The van der Waals surface area contributed by atoms with Crippen molar-refractivity contribution in [3.05, 3.63) is 95.4 Å². The third kappa shape index (κ3) is 4.05. The smallest absolute Gasteiger partial charge is 0.155 e. The van der Waals surface area contributed by atoms with Crippen molar-refractivity contribution in [2.75, 3.05) is 26.2 Å². The molecule has 1 saturated heterocycles. The molecule has 2 N–H and O–H groups in total. The van der Waals surface area contributed by atoms with E-state index in [0.717, 1.165) is 84.0 Å². The Bertz CT molecular complexity index is 1710. The summed E-state index contributed by atoms with van der Waals surface area (Å²) in [6.45, 7) is 4.77. The Morgan fingerprint density at radius 3 is 2.57 bits per heavy atom. The van der Waals surface area contributed by atoms with Gasteiger partial charge in [0.05, 0.1) is 17.6 Å². The summed E-state index contributed by atoms with van der Waals surface area (Å²) >= 11 is 6.69. The molecule has 1 fully saturated rings. The van der Waals surface area contributed by atoms with Crippen LogP contribution in [0.25, 0.3) is 38.6 Å². The molecule has 1 aliphatic rings. The summed E-state index contributed by atoms with van der Waals surface area (Å²) in [6.07, 6.45) is 4.43. The van der Waals surface area contributed by atoms with Gasteiger partial charge < -0.3 is 10.3 Å². The SMILES string of the molecule is Clc1nccn2c(CN3CCNCC3)nc(-c3ccc(Cc4nc5ccccc5[nH]4)c4ccccc34)c12. The third-order valence-corrected chi connectivity index (χ3v) is 7.50. The maximum atomic E-state index is 6.69. The van der Waals surface area contributed by atoms with E-state index in [0.29, 0.717) is 5.15 Å². The van der Waals surface area contributed by atoms with E-state index in [-0.39, 0.29) is 0 Å². The summed E-state index contributed by atoms with van der Waals surface area (Å²) in [5.41, 5.74) is 6.04. The van der Waals surface area contributed by atoms with Gasteiger partial charge in [0.25, 0.3) is 0 Å². The van der Waals surface area contributed by atoms with Gasteiger partial charge in [-0.15, -0.1) is 0 Å². The van der Waals surface area contributed by atoms with Gasteiger partial charge in [0, 0.05) is 50.6 Å². The molecule has 8 heteroatoms. The number of hydrogen-bond donors (Lipinski definition) is 2. The Kier molecular flexibility index (Phi) is 5.61. The lowest BCUT2D eigenvalue weighted by atomic mass is 9.96. The summed E-state index contributed by atoms with van der Waals surface area (Å²) in [5, 5.41) is 6.21. The van der Waals surface area contributed by atoms with Crippen molar-refractivity contribution >= 4 is 38.9 Å². The monoisotopic (exact) mass is 507 g/mol. The van der Waals surface area contributed by atoms with Gasteiger partial charge in [-0.3, -0.25) is 9.30 Å². The lowest BCUT2D eigenvalue weighted by molar-refractivity contribution is 0.227. The zero-order valence-electron chi connectivity index (χ0n) is 20.3. The Balaban J connectivity index is 1.34. The molecule has 0 aliphatic carbocycles. The lowest BCUT2D eigenvalue weighted by Gasteiger charge is -2.26. The number of nitrogens with zero attached hydrogens (tertiary/aromatic N) is 5. The van der Waals surface area contributed by atoms with E-state index in [1.54, 1.807) is 6.20 Å². The standard InChI is InChI=1S/C29H26ClN7/c30-29-28-27(35-26(37(28)16-13-32-29)18-36-14-11-31-12-15-36)22-10-9-19(20-5-1-2-6-21(20)22)17-25-33-23-7-3-4-8-24(23)34-25/h1-10,13,16,31H,11-12,14-15,17-18H2,(H,33,34). The number of nitrogens with one attached hydrogen (secondary N) is 2. The first kappa shape index (κ1) is 22.4. The number of hydrogen-bond acceptors (Lipinski definition) is 5. The van der Waals surface area contributed by atoms with Crippen molar-refractivity contribution in [3.63, 3.8) is 0 Å². The van der Waals surface area contributed by atoms with Crippen LogP contribution in [0.2, 0.25) is 5.15 Å². The molecule has 184 valence electrons. The topological polar surface area (TPSA) is 74.1 Å². The minimum Gasteiger partial charge on any atom is -0.342 e. The van der Waals surface area contributed by atoms with Crippen LogP contribution in [0.3, 0.4) is 0 Å². The first-order chi connectivity index (χ1) is 18.2. The number of benzene rings is 3. The van der Waals surface area contributed by atoms with Crippen molar-refractivity contribution < 1.29 is 0 Å². The summed E-state index contributed by atoms with van der Waals surface area (Å²) in [6, 6.07) is 21.0. The molecule has 0 unspecified atom stereocenters. The second-order valence-corrected chi connectivity index (χ2v) is 9.89. The largest absolute Gasteiger partial charge is 0.342 e. The Morgan fingerprint density at radius 2 is 1.70 bits per heavy atom. The molecule has 0 spiro atoms. The molecule has 0 atom stereocenters. The van der Waals surface area contributed by atoms with Crippen molar-refractivity contribution in [3.8, 4) is 11.3 Å². The van der Waals surface area contributed by atoms with Crippen molar-refractivity contribution in [2.24, 2.45) is 0 Å². The number of rotatable bonds is 5. The van der Waals surface area contributed by atoms with E-state index in [1.165, 1.54) is 10.9 Å². The van der Waals surface area contributed by atoms with Crippen LogP contribution in [0.1, 0.15) is 17.2 Å². The average Bonchev–Trinajstić information content (AvgIpc) is 3.51. The van der Waals surface area contributed by atoms with Crippen molar-refractivity contribution in [1.29, 1.82) is 0 Å². The molecular weight excluding hydrogens is 482 g/mol. The Morgan fingerprint density at radius 1 is 0.892 bits per heavy atom. The van der Waals surface area contributed by atoms with Gasteiger partial charge in [0.1, 0.15) is 22.9 Å². The fourth-order valence-electron chi connectivity index (χ4n) is 5.42. The first-order valence-corrected chi connectivity index (χ1v) is 13.0. The predicted molar refractivity (Wildman–Crippen MR) is 148 cm³/mol. The molecule has 4 heterocycles. The zero-order valence-corrected chi connectivity index (χ0v) is 21.0. The molecule has 3 aromatic carbocycles. The van der Waals surface area contributed by atoms with Crippen LogP contribution >= 0.6 is 11.6 Å². The molecule has 0 saturated carbocycles. The highest BCUT2D eigenvalue weighted by atomic mass is 35.5. The molecular formula is C29H26ClN7. The molecule has 0 amide bonds. The van der Waals surface area contributed by atoms with Crippen LogP contribution in [0, 0.1) is 0 Å². The van der Waals surface area contributed by atoms with Crippen LogP contribution in [-0.4, -0.2) is 55.4 Å². The number of aromatic nitrogens is 5. The summed E-state index contributed by atoms with van der Waals surface area (Å²) < 4.78 is 2.10. The van der Waals surface area contributed by atoms with Crippen LogP contribution in [-0.2, 0) is 13.0 Å². The van der Waals surface area contributed by atoms with Gasteiger partial charge in [-0.1, -0.05) is 60.1 Å². The molecule has 37 heavy (non-hydrogen) atoms. The summed E-state index contributed by atoms with van der Waals surface area (Å²) in [7, 11) is 0. The quantitative estimate of drug-likeness (QED) is 0.340. The average molecular weight is 508 g/mol. The maximum absolute atomic E-state index is 6.69. The van der Waals surface area contributed by atoms with E-state index in [9.17, 15) is 0 Å². The van der Waals surface area contributed by atoms with Crippen LogP contribution in [0.4, 0.5) is 0 Å². The van der Waals surface area contributed by atoms with Crippen molar-refractivity contribution in [1.82, 2.24) is 34.6 Å². The van der Waals surface area contributed by atoms with Gasteiger partial charge in [0.2, 0.25) is 0 Å². The van der Waals surface area contributed by atoms with Gasteiger partial charge in [0.15, 0.2) is 5.15 Å². The van der Waals surface area contributed by atoms with E-state index in [1.807, 2.05) is 24.4 Å². The number of halogens is 1. The molecule has 3 aromatic heterocycles. The zero-order chi connectivity index (χ0) is 24.8. The van der Waals surface area contributed by atoms with Gasteiger partial charge in [-0.2, -0.15) is 0 Å². The number of H-pyrrole nitrogens is 1. The number of aromatic amines is 1. The number of imidazole rings is 2. The summed E-state index contributed by atoms with van der Waals surface area (Å²) in [4.78, 5) is 20.3. The molecule has 0 radical (unpaired) electrons. The molecule has 6 aromatic rings. The van der Waals surface area contributed by atoms with Crippen LogP contribution < -0.4 is 5.32 Å². The molecule has 7 rings (SSSR count). The minimum atomic E-state index is 0.465. The van der Waals surface area contributed by atoms with Crippen LogP contribution in [0.15, 0.2) is 73.1 Å². The third-order valence-electron chi connectivity index (χ3n) is 7.22. The Labute approximate surface area is 219 Å². The van der Waals surface area contributed by atoms with Crippen molar-refractivity contribution in [2.45, 2.75) is 13.0 Å². The second kappa shape index (κ2) is 9.27. The van der Waals surface area contributed by atoms with E-state index in [4.69, 9.17) is 21.6 Å². The van der Waals surface area contributed by atoms with Gasteiger partial charge in [-0.25, -0.2) is 15.0 Å². The second-order valence-electron chi connectivity index (χ2n) is 9.53. The van der Waals surface area contributed by atoms with E-state index >= 15 is 0 Å². The first-order valence-electron chi connectivity index (χ1n) is 12.6. The molecule has 1 aliphatic heterocycles. The highest BCUT2D eigenvalue weighted by molar-refractivity contribution is 6.33. The van der Waals surface area contributed by atoms with Gasteiger partial charge in [-0.05, 0) is 28.5 Å². The number of piperazine rings is 1. The highest BCUT2D eigenvalue weighted by Crippen LogP contribution is 2.36. The summed E-state index contributed by atoms with van der Waals surface area (Å²) in [5.74, 6) is 1.93. The van der Waals surface area contributed by atoms with E-state index in [2.05, 4.69) is 67.0 Å². The predicted octanol–water partition coefficient (Wildman–Crippen LogP) is 5.08. The normalized spacial score (nSPS) is 14.7. The Hall–Kier alpha value is -3.78. The number of para-hydroxylation sites is 2. The fraction of sp³-hybridized carbons (Fsp3) is 0.207. The lowest BCUT2D eigenvalue weighted by Crippen LogP contribution is -2.43. The number of fused-ring (bicyclic) bond motifs is 3. The fourth-order valence-corrected chi connectivity index (χ4v) is 5.66. The minimum absolute atomic E-state index is 0.465. The molecule has 7 nitrogen and oxygen atoms in total. The van der Waals surface area contributed by atoms with E-state index < -0.39 is 0 Å². The van der Waals surface area contributed by atoms with Gasteiger partial charge >= 0.3 is 0 Å². The maximum Gasteiger partial charge on any atom is 0.155 e.